The van der Waals surface area contributed by atoms with Crippen molar-refractivity contribution in [2.45, 2.75) is 39.5 Å². The van der Waals surface area contributed by atoms with E-state index in [-0.39, 0.29) is 10.8 Å². The van der Waals surface area contributed by atoms with Crippen LogP contribution in [0, 0.1) is 20.8 Å². The quantitative estimate of drug-likeness (QED) is 0.712. The molecule has 6 nitrogen and oxygen atoms in total. The number of benzene rings is 2. The van der Waals surface area contributed by atoms with Crippen molar-refractivity contribution in [1.29, 1.82) is 0 Å². The maximum atomic E-state index is 11.9. The van der Waals surface area contributed by atoms with Gasteiger partial charge in [0.2, 0.25) is 5.91 Å². The Morgan fingerprint density at radius 2 is 1.46 bits per heavy atom. The van der Waals surface area contributed by atoms with Crippen LogP contribution >= 0.6 is 0 Å². The Morgan fingerprint density at radius 3 is 1.89 bits per heavy atom. The predicted molar refractivity (Wildman–Crippen MR) is 113 cm³/mol. The van der Waals surface area contributed by atoms with Crippen LogP contribution < -0.4 is 5.32 Å². The van der Waals surface area contributed by atoms with Crippen molar-refractivity contribution >= 4 is 21.7 Å². The molecule has 0 fully saturated rings. The average Bonchev–Trinajstić information content (AvgIpc) is 2.63. The number of nitrogens with one attached hydrogen (secondary N) is 1. The zero-order valence-electron chi connectivity index (χ0n) is 17.2. The van der Waals surface area contributed by atoms with Gasteiger partial charge in [-0.2, -0.15) is 8.42 Å². The highest BCUT2D eigenvalue weighted by atomic mass is 32.2. The van der Waals surface area contributed by atoms with Gasteiger partial charge in [-0.3, -0.25) is 14.2 Å². The molecule has 0 heterocycles. The number of rotatable bonds is 6. The number of carbonyl (C=O) groups is 1. The number of likely N-dealkylation sites (N-methyl/N-ethyl adjacent to an activating group) is 1. The largest absolute Gasteiger partial charge is 0.324 e. The van der Waals surface area contributed by atoms with E-state index in [1.807, 2.05) is 39.0 Å². The minimum Gasteiger partial charge on any atom is -0.324 e. The third-order valence-corrected chi connectivity index (χ3v) is 5.19. The molecule has 0 atom stereocenters. The fraction of sp³-hybridized carbons (Fsp3) is 0.381. The molecule has 0 radical (unpaired) electrons. The molecule has 28 heavy (non-hydrogen) atoms. The van der Waals surface area contributed by atoms with Gasteiger partial charge in [0.25, 0.3) is 10.1 Å². The molecule has 1 amide bonds. The Morgan fingerprint density at radius 1 is 0.964 bits per heavy atom. The molecule has 2 N–H and O–H groups in total. The van der Waals surface area contributed by atoms with E-state index >= 15 is 0 Å². The summed E-state index contributed by atoms with van der Waals surface area (Å²) >= 11 is 0. The van der Waals surface area contributed by atoms with Crippen molar-refractivity contribution in [3.8, 4) is 0 Å². The first-order valence-corrected chi connectivity index (χ1v) is 10.6. The Labute approximate surface area is 168 Å². The highest BCUT2D eigenvalue weighted by molar-refractivity contribution is 7.85. The normalized spacial score (nSPS) is 11.0. The molecule has 0 saturated carbocycles. The van der Waals surface area contributed by atoms with Crippen LogP contribution in [0.15, 0.2) is 47.4 Å². The minimum atomic E-state index is -4.02. The first-order valence-electron chi connectivity index (χ1n) is 9.21. The molecule has 0 aliphatic rings. The van der Waals surface area contributed by atoms with E-state index in [1.54, 1.807) is 12.1 Å². The summed E-state index contributed by atoms with van der Waals surface area (Å²) in [6, 6.07) is 12.0. The van der Waals surface area contributed by atoms with Gasteiger partial charge in [0.05, 0.1) is 11.4 Å². The summed E-state index contributed by atoms with van der Waals surface area (Å²) in [5.41, 5.74) is 4.12. The van der Waals surface area contributed by atoms with Crippen LogP contribution in [0.1, 0.15) is 30.5 Å². The fourth-order valence-corrected chi connectivity index (χ4v) is 3.03. The zero-order chi connectivity index (χ0) is 21.3. The Bertz CT molecular complexity index is 854. The smallest absolute Gasteiger partial charge is 0.294 e. The van der Waals surface area contributed by atoms with Crippen LogP contribution in [-0.2, 0) is 14.9 Å². The van der Waals surface area contributed by atoms with Gasteiger partial charge in [-0.25, -0.2) is 0 Å². The molecule has 0 aromatic heterocycles. The molecule has 0 aliphatic carbocycles. The summed E-state index contributed by atoms with van der Waals surface area (Å²) in [4.78, 5) is 13.9. The number of amides is 1. The molecular formula is C21H30N2O4S. The van der Waals surface area contributed by atoms with Gasteiger partial charge in [-0.15, -0.1) is 0 Å². The van der Waals surface area contributed by atoms with Gasteiger partial charge in [0.15, 0.2) is 0 Å². The first kappa shape index (κ1) is 23.8. The Hall–Kier alpha value is -2.22. The maximum Gasteiger partial charge on any atom is 0.294 e. The summed E-state index contributed by atoms with van der Waals surface area (Å²) < 4.78 is 29.6. The van der Waals surface area contributed by atoms with Crippen molar-refractivity contribution in [2.75, 3.05) is 25.0 Å². The number of anilines is 1. The van der Waals surface area contributed by atoms with Gasteiger partial charge in [-0.1, -0.05) is 49.7 Å². The van der Waals surface area contributed by atoms with E-state index in [1.165, 1.54) is 12.1 Å². The number of para-hydroxylation sites is 1. The summed E-state index contributed by atoms with van der Waals surface area (Å²) in [5.74, 6) is 0.0612. The van der Waals surface area contributed by atoms with Gasteiger partial charge < -0.3 is 5.32 Å². The third-order valence-electron chi connectivity index (χ3n) is 4.33. The van der Waals surface area contributed by atoms with Crippen LogP contribution in [0.5, 0.6) is 0 Å². The van der Waals surface area contributed by atoms with E-state index < -0.39 is 10.1 Å². The SMILES string of the molecule is CCN(CC)CC(=O)Nc1c(C)cccc1C.Cc1ccc(S(=O)(=O)O)cc1. The fourth-order valence-electron chi connectivity index (χ4n) is 2.55. The topological polar surface area (TPSA) is 86.7 Å². The second-order valence-corrected chi connectivity index (χ2v) is 7.99. The van der Waals surface area contributed by atoms with E-state index in [0.29, 0.717) is 6.54 Å². The molecule has 0 bridgehead atoms. The zero-order valence-corrected chi connectivity index (χ0v) is 18.0. The predicted octanol–water partition coefficient (Wildman–Crippen LogP) is 3.83. The van der Waals surface area contributed by atoms with Crippen molar-refractivity contribution in [3.63, 3.8) is 0 Å². The number of hydrogen-bond acceptors (Lipinski definition) is 4. The molecule has 0 spiro atoms. The standard InChI is InChI=1S/C14H22N2O.C7H8O3S/c1-5-16(6-2)10-13(17)15-14-11(3)8-7-9-12(14)4;1-6-2-4-7(5-3-6)11(8,9)10/h7-9H,5-6,10H2,1-4H3,(H,15,17);2-5H,1H3,(H,8,9,10). The number of carbonyl (C=O) groups excluding carboxylic acids is 1. The second kappa shape index (κ2) is 10.9. The van der Waals surface area contributed by atoms with Crippen molar-refractivity contribution < 1.29 is 17.8 Å². The van der Waals surface area contributed by atoms with Crippen LogP contribution in [0.3, 0.4) is 0 Å². The molecule has 0 saturated heterocycles. The lowest BCUT2D eigenvalue weighted by Crippen LogP contribution is -2.33. The molecule has 154 valence electrons. The van der Waals surface area contributed by atoms with Crippen LogP contribution in [-0.4, -0.2) is 43.4 Å². The monoisotopic (exact) mass is 406 g/mol. The minimum absolute atomic E-state index is 0.0612. The number of hydrogen-bond donors (Lipinski definition) is 2. The third kappa shape index (κ3) is 7.80. The van der Waals surface area contributed by atoms with Gasteiger partial charge >= 0.3 is 0 Å². The number of nitrogens with zero attached hydrogens (tertiary/aromatic N) is 1. The molecule has 7 heteroatoms. The number of aryl methyl sites for hydroxylation is 3. The second-order valence-electron chi connectivity index (χ2n) is 6.56. The average molecular weight is 407 g/mol. The lowest BCUT2D eigenvalue weighted by atomic mass is 10.1. The Balaban J connectivity index is 0.000000307. The lowest BCUT2D eigenvalue weighted by molar-refractivity contribution is -0.117. The van der Waals surface area contributed by atoms with Crippen molar-refractivity contribution in [3.05, 3.63) is 59.2 Å². The van der Waals surface area contributed by atoms with Crippen LogP contribution in [0.25, 0.3) is 0 Å². The van der Waals surface area contributed by atoms with Crippen LogP contribution in [0.2, 0.25) is 0 Å². The summed E-state index contributed by atoms with van der Waals surface area (Å²) in [5, 5.41) is 3.00. The van der Waals surface area contributed by atoms with Crippen molar-refractivity contribution in [1.82, 2.24) is 4.90 Å². The maximum absolute atomic E-state index is 11.9. The van der Waals surface area contributed by atoms with Gasteiger partial charge in [0.1, 0.15) is 0 Å². The van der Waals surface area contributed by atoms with E-state index in [9.17, 15) is 13.2 Å². The summed E-state index contributed by atoms with van der Waals surface area (Å²) in [6.07, 6.45) is 0. The Kier molecular flexibility index (Phi) is 9.31. The molecule has 2 aromatic carbocycles. The van der Waals surface area contributed by atoms with Gasteiger partial charge in [-0.05, 0) is 57.1 Å². The van der Waals surface area contributed by atoms with E-state index in [0.717, 1.165) is 35.5 Å². The molecule has 0 aliphatic heterocycles. The van der Waals surface area contributed by atoms with Gasteiger partial charge in [0, 0.05) is 5.69 Å². The highest BCUT2D eigenvalue weighted by Gasteiger charge is 2.10. The van der Waals surface area contributed by atoms with Crippen LogP contribution in [0.4, 0.5) is 5.69 Å². The molecule has 2 rings (SSSR count). The van der Waals surface area contributed by atoms with E-state index in [2.05, 4.69) is 24.1 Å². The summed E-state index contributed by atoms with van der Waals surface area (Å²) in [7, 11) is -4.02. The lowest BCUT2D eigenvalue weighted by Gasteiger charge is -2.18. The molecule has 2 aromatic rings. The van der Waals surface area contributed by atoms with Crippen molar-refractivity contribution in [2.24, 2.45) is 0 Å². The molecular weight excluding hydrogens is 376 g/mol. The van der Waals surface area contributed by atoms with E-state index in [4.69, 9.17) is 4.55 Å². The highest BCUT2D eigenvalue weighted by Crippen LogP contribution is 2.19. The summed E-state index contributed by atoms with van der Waals surface area (Å²) in [6.45, 7) is 12.3. The molecule has 0 unspecified atom stereocenters. The first-order chi connectivity index (χ1) is 13.1.